The zero-order valence-electron chi connectivity index (χ0n) is 17.0. The Morgan fingerprint density at radius 2 is 1.61 bits per heavy atom. The largest absolute Gasteiger partial charge is 0.439 e. The van der Waals surface area contributed by atoms with E-state index in [0.29, 0.717) is 17.2 Å². The molecule has 33 heavy (non-hydrogen) atoms. The topological polar surface area (TPSA) is 176 Å². The first-order valence-corrected chi connectivity index (χ1v) is 9.51. The molecule has 2 aliphatic heterocycles. The van der Waals surface area contributed by atoms with Gasteiger partial charge in [-0.25, -0.2) is 14.6 Å². The van der Waals surface area contributed by atoms with Crippen molar-refractivity contribution in [3.05, 3.63) is 48.2 Å². The van der Waals surface area contributed by atoms with Crippen molar-refractivity contribution >= 4 is 41.4 Å². The average Bonchev–Trinajstić information content (AvgIpc) is 3.03. The third kappa shape index (κ3) is 3.71. The number of hydrogen-bond acceptors (Lipinski definition) is 8. The van der Waals surface area contributed by atoms with E-state index in [2.05, 4.69) is 10.3 Å². The van der Waals surface area contributed by atoms with Crippen LogP contribution in [0.25, 0.3) is 0 Å². The summed E-state index contributed by atoms with van der Waals surface area (Å²) in [5.41, 5.74) is -1.83. The number of rotatable bonds is 5. The summed E-state index contributed by atoms with van der Waals surface area (Å²) >= 11 is 0. The number of anilines is 1. The number of carbonyl (C=O) groups is 6. The van der Waals surface area contributed by atoms with Crippen molar-refractivity contribution in [3.8, 4) is 11.6 Å². The molecular formula is C20H16N6O7. The zero-order chi connectivity index (χ0) is 23.8. The smallest absolute Gasteiger partial charge is 0.330 e. The van der Waals surface area contributed by atoms with Gasteiger partial charge in [0.2, 0.25) is 11.8 Å². The number of hydrogen-bond donors (Lipinski definition) is 4. The fourth-order valence-corrected chi connectivity index (χ4v) is 3.33. The molecule has 2 fully saturated rings. The van der Waals surface area contributed by atoms with Crippen LogP contribution in [0.3, 0.4) is 0 Å². The van der Waals surface area contributed by atoms with E-state index < -0.39 is 35.3 Å². The van der Waals surface area contributed by atoms with E-state index in [1.54, 1.807) is 24.3 Å². The number of aromatic nitrogens is 1. The first-order valence-electron chi connectivity index (χ1n) is 9.51. The van der Waals surface area contributed by atoms with Crippen molar-refractivity contribution in [1.29, 1.82) is 0 Å². The van der Waals surface area contributed by atoms with Gasteiger partial charge in [0.1, 0.15) is 5.75 Å². The third-order valence-electron chi connectivity index (χ3n) is 4.87. The van der Waals surface area contributed by atoms with Gasteiger partial charge in [-0.3, -0.25) is 40.0 Å². The Bertz CT molecular complexity index is 1170. The summed E-state index contributed by atoms with van der Waals surface area (Å²) in [6, 6.07) is 7.40. The summed E-state index contributed by atoms with van der Waals surface area (Å²) in [5.74, 6) is -3.31. The first-order chi connectivity index (χ1) is 15.7. The summed E-state index contributed by atoms with van der Waals surface area (Å²) in [6.07, 6.45) is 1.14. The van der Waals surface area contributed by atoms with Gasteiger partial charge in [0.15, 0.2) is 0 Å². The second-order valence-electron chi connectivity index (χ2n) is 7.05. The molecule has 1 aromatic carbocycles. The van der Waals surface area contributed by atoms with Gasteiger partial charge in [-0.1, -0.05) is 12.1 Å². The van der Waals surface area contributed by atoms with Gasteiger partial charge in [-0.15, -0.1) is 0 Å². The molecule has 3 heterocycles. The molecule has 2 aromatic rings. The van der Waals surface area contributed by atoms with Crippen LogP contribution in [0.1, 0.15) is 12.5 Å². The Morgan fingerprint density at radius 1 is 0.970 bits per heavy atom. The second-order valence-corrected chi connectivity index (χ2v) is 7.05. The number of ether oxygens (including phenoxy) is 1. The van der Waals surface area contributed by atoms with E-state index >= 15 is 0 Å². The van der Waals surface area contributed by atoms with Gasteiger partial charge in [-0.05, 0) is 23.8 Å². The maximum Gasteiger partial charge on any atom is 0.330 e. The van der Waals surface area contributed by atoms with Gasteiger partial charge in [0.25, 0.3) is 23.3 Å². The molecule has 4 N–H and O–H groups in total. The highest BCUT2D eigenvalue weighted by Crippen LogP contribution is 2.32. The van der Waals surface area contributed by atoms with Crippen LogP contribution in [0.5, 0.6) is 11.6 Å². The predicted octanol–water partition coefficient (Wildman–Crippen LogP) is -0.329. The van der Waals surface area contributed by atoms with Crippen LogP contribution in [-0.2, 0) is 25.7 Å². The summed E-state index contributed by atoms with van der Waals surface area (Å²) < 4.78 is 5.63. The molecule has 168 valence electrons. The van der Waals surface area contributed by atoms with E-state index in [0.717, 1.165) is 11.8 Å². The number of amides is 8. The number of imide groups is 3. The van der Waals surface area contributed by atoms with Gasteiger partial charge in [0, 0.05) is 19.5 Å². The quantitative estimate of drug-likeness (QED) is 0.352. The highest BCUT2D eigenvalue weighted by atomic mass is 16.5. The number of benzene rings is 1. The first kappa shape index (κ1) is 21.4. The monoisotopic (exact) mass is 452 g/mol. The molecule has 0 atom stereocenters. The van der Waals surface area contributed by atoms with Gasteiger partial charge >= 0.3 is 12.1 Å². The number of nitrogens with zero attached hydrogens (tertiary/aromatic N) is 2. The highest BCUT2D eigenvalue weighted by molar-refractivity contribution is 6.43. The Hall–Kier alpha value is -4.81. The third-order valence-corrected chi connectivity index (χ3v) is 4.87. The van der Waals surface area contributed by atoms with Crippen molar-refractivity contribution in [2.45, 2.75) is 19.0 Å². The molecule has 1 spiro atoms. The molecule has 4 rings (SSSR count). The normalized spacial score (nSPS) is 16.9. The molecule has 0 radical (unpaired) electrons. The number of barbiturate groups is 1. The average molecular weight is 452 g/mol. The van der Waals surface area contributed by atoms with Crippen LogP contribution in [0.2, 0.25) is 0 Å². The number of nitrogens with one attached hydrogen (secondary N) is 4. The van der Waals surface area contributed by atoms with E-state index in [-0.39, 0.29) is 17.5 Å². The fourth-order valence-electron chi connectivity index (χ4n) is 3.33. The van der Waals surface area contributed by atoms with Crippen molar-refractivity contribution in [3.63, 3.8) is 0 Å². The van der Waals surface area contributed by atoms with Crippen LogP contribution in [0.4, 0.5) is 15.3 Å². The predicted molar refractivity (Wildman–Crippen MR) is 109 cm³/mol. The van der Waals surface area contributed by atoms with E-state index in [1.165, 1.54) is 19.1 Å². The molecule has 13 nitrogen and oxygen atoms in total. The maximum atomic E-state index is 12.5. The molecule has 0 aliphatic carbocycles. The van der Waals surface area contributed by atoms with Gasteiger partial charge in [-0.2, -0.15) is 0 Å². The lowest BCUT2D eigenvalue weighted by Gasteiger charge is -2.34. The van der Waals surface area contributed by atoms with Crippen LogP contribution >= 0.6 is 0 Å². The molecule has 13 heteroatoms. The van der Waals surface area contributed by atoms with E-state index in [9.17, 15) is 28.8 Å². The van der Waals surface area contributed by atoms with Crippen molar-refractivity contribution in [1.82, 2.24) is 26.3 Å². The summed E-state index contributed by atoms with van der Waals surface area (Å²) in [6.45, 7) is 1.79. The minimum absolute atomic E-state index is 0.0593. The highest BCUT2D eigenvalue weighted by Gasteiger charge is 2.67. The number of pyridine rings is 1. The lowest BCUT2D eigenvalue weighted by Crippen LogP contribution is -2.74. The number of carbonyl (C=O) groups excluding carboxylic acids is 6. The van der Waals surface area contributed by atoms with Crippen LogP contribution in [-0.4, -0.2) is 46.2 Å². The summed E-state index contributed by atoms with van der Waals surface area (Å²) in [5, 5.41) is 8.23. The van der Waals surface area contributed by atoms with Crippen LogP contribution in [0, 0.1) is 0 Å². The van der Waals surface area contributed by atoms with Crippen LogP contribution in [0.15, 0.2) is 42.6 Å². The van der Waals surface area contributed by atoms with Crippen molar-refractivity contribution in [2.75, 3.05) is 4.90 Å². The standard InChI is InChI=1S/C20H16N6O7/c1-10(27)21-8-11-2-5-13(6-3-11)33-14-7-4-12(9-22-14)26-19(32)25-17(30)20(26)15(28)23-18(31)24-16(20)29/h2-7,9H,8H2,1H3,(H,21,27)(H,25,30,32)(H2,23,24,28,29,31). The van der Waals surface area contributed by atoms with E-state index in [4.69, 9.17) is 4.74 Å². The SMILES string of the molecule is CC(=O)NCc1ccc(Oc2ccc(N3C(=O)NC(=O)C34C(=O)NC(=O)NC4=O)cn2)cc1. The van der Waals surface area contributed by atoms with Crippen molar-refractivity contribution < 1.29 is 33.5 Å². The van der Waals surface area contributed by atoms with Crippen LogP contribution < -0.4 is 30.9 Å². The molecular weight excluding hydrogens is 436 g/mol. The Kier molecular flexibility index (Phi) is 5.21. The molecule has 0 bridgehead atoms. The lowest BCUT2D eigenvalue weighted by molar-refractivity contribution is -0.143. The number of urea groups is 2. The molecule has 0 saturated carbocycles. The maximum absolute atomic E-state index is 12.5. The fraction of sp³-hybridized carbons (Fsp3) is 0.150. The molecule has 8 amide bonds. The lowest BCUT2D eigenvalue weighted by atomic mass is 9.93. The minimum Gasteiger partial charge on any atom is -0.439 e. The Labute approximate surface area is 185 Å². The molecule has 2 aliphatic rings. The Balaban J connectivity index is 1.55. The second kappa shape index (κ2) is 8.03. The van der Waals surface area contributed by atoms with Gasteiger partial charge < -0.3 is 10.1 Å². The summed E-state index contributed by atoms with van der Waals surface area (Å²) in [7, 11) is 0. The summed E-state index contributed by atoms with van der Waals surface area (Å²) in [4.78, 5) is 76.9. The molecule has 0 unspecified atom stereocenters. The Morgan fingerprint density at radius 3 is 2.18 bits per heavy atom. The van der Waals surface area contributed by atoms with E-state index in [1.807, 2.05) is 16.0 Å². The minimum atomic E-state index is -2.63. The van der Waals surface area contributed by atoms with Gasteiger partial charge in [0.05, 0.1) is 11.9 Å². The molecule has 2 saturated heterocycles. The van der Waals surface area contributed by atoms with Crippen molar-refractivity contribution in [2.24, 2.45) is 0 Å². The zero-order valence-corrected chi connectivity index (χ0v) is 17.0. The molecule has 1 aromatic heterocycles.